The van der Waals surface area contributed by atoms with Crippen LogP contribution in [0.1, 0.15) is 85.0 Å². The third kappa shape index (κ3) is 13.6. The van der Waals surface area contributed by atoms with Crippen LogP contribution in [0.15, 0.2) is 12.2 Å². The summed E-state index contributed by atoms with van der Waals surface area (Å²) in [6.07, 6.45) is 16.4. The average Bonchev–Trinajstić information content (AvgIpc) is 2.46. The van der Waals surface area contributed by atoms with Crippen LogP contribution in [0.3, 0.4) is 0 Å². The largest absolute Gasteiger partial charge is 0.466 e. The van der Waals surface area contributed by atoms with E-state index in [0.29, 0.717) is 13.0 Å². The third-order valence-electron chi connectivity index (χ3n) is 3.56. The molecule has 0 fully saturated rings. The minimum atomic E-state index is -0.0729. The van der Waals surface area contributed by atoms with E-state index >= 15 is 0 Å². The number of ether oxygens (including phenoxy) is 1. The molecule has 2 heteroatoms. The predicted molar refractivity (Wildman–Crippen MR) is 86.8 cm³/mol. The van der Waals surface area contributed by atoms with Crippen molar-refractivity contribution >= 4 is 5.97 Å². The lowest BCUT2D eigenvalue weighted by molar-refractivity contribution is -0.143. The van der Waals surface area contributed by atoms with Gasteiger partial charge in [0.2, 0.25) is 0 Å². The molecule has 0 aromatic carbocycles. The second-order valence-electron chi connectivity index (χ2n) is 5.65. The molecule has 0 saturated carbocycles. The van der Waals surface area contributed by atoms with E-state index in [2.05, 4.69) is 26.0 Å². The Morgan fingerprint density at radius 3 is 2.20 bits per heavy atom. The van der Waals surface area contributed by atoms with Crippen LogP contribution in [0.5, 0.6) is 0 Å². The number of hydrogen-bond acceptors (Lipinski definition) is 2. The van der Waals surface area contributed by atoms with Crippen molar-refractivity contribution in [3.05, 3.63) is 12.2 Å². The van der Waals surface area contributed by atoms with Gasteiger partial charge >= 0.3 is 5.97 Å². The monoisotopic (exact) mass is 282 g/mol. The van der Waals surface area contributed by atoms with Gasteiger partial charge in [-0.2, -0.15) is 0 Å². The minimum Gasteiger partial charge on any atom is -0.466 e. The Balaban J connectivity index is 3.17. The Morgan fingerprint density at radius 1 is 1.00 bits per heavy atom. The first kappa shape index (κ1) is 19.2. The number of allylic oxidation sites excluding steroid dienone is 2. The summed E-state index contributed by atoms with van der Waals surface area (Å²) in [5, 5.41) is 0. The van der Waals surface area contributed by atoms with Crippen molar-refractivity contribution in [2.45, 2.75) is 85.0 Å². The van der Waals surface area contributed by atoms with Crippen molar-refractivity contribution in [1.29, 1.82) is 0 Å². The highest BCUT2D eigenvalue weighted by Crippen LogP contribution is 2.13. The van der Waals surface area contributed by atoms with Crippen molar-refractivity contribution in [2.24, 2.45) is 5.92 Å². The quantitative estimate of drug-likeness (QED) is 0.247. The van der Waals surface area contributed by atoms with E-state index in [1.54, 1.807) is 0 Å². The van der Waals surface area contributed by atoms with Gasteiger partial charge in [0.15, 0.2) is 0 Å². The molecular weight excluding hydrogens is 248 g/mol. The van der Waals surface area contributed by atoms with Crippen LogP contribution in [0.4, 0.5) is 0 Å². The van der Waals surface area contributed by atoms with Crippen LogP contribution < -0.4 is 0 Å². The molecule has 0 aliphatic carbocycles. The van der Waals surface area contributed by atoms with E-state index in [4.69, 9.17) is 4.74 Å². The number of hydrogen-bond donors (Lipinski definition) is 0. The van der Waals surface area contributed by atoms with E-state index in [1.807, 2.05) is 6.92 Å². The van der Waals surface area contributed by atoms with Gasteiger partial charge in [0.1, 0.15) is 0 Å². The van der Waals surface area contributed by atoms with E-state index in [9.17, 15) is 4.79 Å². The van der Waals surface area contributed by atoms with Crippen molar-refractivity contribution in [3.63, 3.8) is 0 Å². The molecule has 0 aromatic heterocycles. The third-order valence-corrected chi connectivity index (χ3v) is 3.56. The van der Waals surface area contributed by atoms with E-state index in [-0.39, 0.29) is 5.97 Å². The Bertz CT molecular complexity index is 246. The summed E-state index contributed by atoms with van der Waals surface area (Å²) in [4.78, 5) is 10.9. The predicted octanol–water partition coefficient (Wildman–Crippen LogP) is 5.66. The molecule has 1 unspecified atom stereocenters. The number of carbonyl (C=O) groups excluding carboxylic acids is 1. The lowest BCUT2D eigenvalue weighted by Crippen LogP contribution is -2.03. The summed E-state index contributed by atoms with van der Waals surface area (Å²) >= 11 is 0. The molecule has 0 N–H and O–H groups in total. The fourth-order valence-electron chi connectivity index (χ4n) is 2.20. The highest BCUT2D eigenvalue weighted by molar-refractivity contribution is 5.68. The van der Waals surface area contributed by atoms with Crippen molar-refractivity contribution in [2.75, 3.05) is 6.61 Å². The zero-order chi connectivity index (χ0) is 15.1. The molecule has 0 aromatic rings. The van der Waals surface area contributed by atoms with Gasteiger partial charge < -0.3 is 4.74 Å². The molecule has 20 heavy (non-hydrogen) atoms. The standard InChI is InChI=1S/C18H34O2/c1-4-6-14-17(3)15-12-10-8-7-9-11-13-16-20-18(19)5-2/h6,14,17H,4-5,7-13,15-16H2,1-3H3/b14-6+. The molecule has 0 amide bonds. The number of esters is 1. The van der Waals surface area contributed by atoms with Gasteiger partial charge in [-0.05, 0) is 25.2 Å². The zero-order valence-corrected chi connectivity index (χ0v) is 13.8. The first-order valence-corrected chi connectivity index (χ1v) is 8.53. The van der Waals surface area contributed by atoms with Gasteiger partial charge in [0.25, 0.3) is 0 Å². The second kappa shape index (κ2) is 14.6. The molecule has 0 spiro atoms. The fourth-order valence-corrected chi connectivity index (χ4v) is 2.20. The topological polar surface area (TPSA) is 26.3 Å². The van der Waals surface area contributed by atoms with E-state index in [0.717, 1.165) is 18.8 Å². The number of carbonyl (C=O) groups is 1. The molecule has 118 valence electrons. The summed E-state index contributed by atoms with van der Waals surface area (Å²) in [6, 6.07) is 0. The highest BCUT2D eigenvalue weighted by atomic mass is 16.5. The van der Waals surface area contributed by atoms with Crippen LogP contribution in [0, 0.1) is 5.92 Å². The van der Waals surface area contributed by atoms with Gasteiger partial charge in [-0.25, -0.2) is 0 Å². The molecule has 1 atom stereocenters. The van der Waals surface area contributed by atoms with Crippen LogP contribution in [-0.4, -0.2) is 12.6 Å². The minimum absolute atomic E-state index is 0.0729. The Hall–Kier alpha value is -0.790. The van der Waals surface area contributed by atoms with Crippen LogP contribution in [0.25, 0.3) is 0 Å². The van der Waals surface area contributed by atoms with Crippen LogP contribution in [-0.2, 0) is 9.53 Å². The summed E-state index contributed by atoms with van der Waals surface area (Å²) in [5.74, 6) is 0.666. The van der Waals surface area contributed by atoms with Crippen LogP contribution >= 0.6 is 0 Å². The molecule has 0 rings (SSSR count). The van der Waals surface area contributed by atoms with Gasteiger partial charge in [-0.15, -0.1) is 0 Å². The second-order valence-corrected chi connectivity index (χ2v) is 5.65. The first-order chi connectivity index (χ1) is 9.70. The van der Waals surface area contributed by atoms with E-state index in [1.165, 1.54) is 44.9 Å². The molecular formula is C18H34O2. The molecule has 0 radical (unpaired) electrons. The molecule has 0 bridgehead atoms. The normalized spacial score (nSPS) is 12.8. The van der Waals surface area contributed by atoms with Gasteiger partial charge in [-0.1, -0.05) is 71.4 Å². The maximum Gasteiger partial charge on any atom is 0.305 e. The lowest BCUT2D eigenvalue weighted by atomic mass is 10.0. The maximum absolute atomic E-state index is 10.9. The molecule has 0 aliphatic rings. The lowest BCUT2D eigenvalue weighted by Gasteiger charge is -2.06. The summed E-state index contributed by atoms with van der Waals surface area (Å²) < 4.78 is 5.05. The highest BCUT2D eigenvalue weighted by Gasteiger charge is 1.98. The Labute approximate surface area is 126 Å². The fraction of sp³-hybridized carbons (Fsp3) is 0.833. The van der Waals surface area contributed by atoms with Gasteiger partial charge in [0.05, 0.1) is 6.61 Å². The Morgan fingerprint density at radius 2 is 1.60 bits per heavy atom. The Kier molecular flexibility index (Phi) is 14.0. The van der Waals surface area contributed by atoms with Crippen LogP contribution in [0.2, 0.25) is 0 Å². The van der Waals surface area contributed by atoms with Crippen molar-refractivity contribution < 1.29 is 9.53 Å². The molecule has 0 saturated heterocycles. The van der Waals surface area contributed by atoms with Gasteiger partial charge in [-0.3, -0.25) is 4.79 Å². The summed E-state index contributed by atoms with van der Waals surface area (Å²) in [5.41, 5.74) is 0. The first-order valence-electron chi connectivity index (χ1n) is 8.53. The zero-order valence-electron chi connectivity index (χ0n) is 13.8. The average molecular weight is 282 g/mol. The number of unbranched alkanes of at least 4 members (excludes halogenated alkanes) is 6. The van der Waals surface area contributed by atoms with Crippen molar-refractivity contribution in [3.8, 4) is 0 Å². The SMILES string of the molecule is CC/C=C/C(C)CCCCCCCCCOC(=O)CC. The van der Waals surface area contributed by atoms with Gasteiger partial charge in [0, 0.05) is 6.42 Å². The molecule has 0 heterocycles. The van der Waals surface area contributed by atoms with E-state index < -0.39 is 0 Å². The maximum atomic E-state index is 10.9. The summed E-state index contributed by atoms with van der Waals surface area (Å²) in [6.45, 7) is 6.94. The molecule has 2 nitrogen and oxygen atoms in total. The molecule has 0 aliphatic heterocycles. The van der Waals surface area contributed by atoms with Crippen molar-refractivity contribution in [1.82, 2.24) is 0 Å². The summed E-state index contributed by atoms with van der Waals surface area (Å²) in [7, 11) is 0. The number of rotatable bonds is 13. The smallest absolute Gasteiger partial charge is 0.305 e.